The van der Waals surface area contributed by atoms with Crippen LogP contribution in [0.4, 0.5) is 0 Å². The number of imide groups is 1. The second-order valence-electron chi connectivity index (χ2n) is 5.80. The molecule has 0 radical (unpaired) electrons. The van der Waals surface area contributed by atoms with Crippen molar-refractivity contribution < 1.29 is 14.7 Å². The molecule has 1 aliphatic heterocycles. The van der Waals surface area contributed by atoms with E-state index in [0.717, 1.165) is 5.56 Å². The van der Waals surface area contributed by atoms with Crippen LogP contribution in [-0.2, 0) is 15.0 Å². The minimum absolute atomic E-state index is 0.0767. The third-order valence-corrected chi connectivity index (χ3v) is 4.05. The van der Waals surface area contributed by atoms with Gasteiger partial charge in [0.15, 0.2) is 0 Å². The fraction of sp³-hybridized carbons (Fsp3) is 0.500. The summed E-state index contributed by atoms with van der Waals surface area (Å²) >= 11 is 0. The highest BCUT2D eigenvalue weighted by Crippen LogP contribution is 2.36. The third-order valence-electron chi connectivity index (χ3n) is 4.05. The summed E-state index contributed by atoms with van der Waals surface area (Å²) < 4.78 is 0. The van der Waals surface area contributed by atoms with E-state index >= 15 is 0 Å². The lowest BCUT2D eigenvalue weighted by molar-refractivity contribution is -0.140. The number of carbonyl (C=O) groups is 2. The summed E-state index contributed by atoms with van der Waals surface area (Å²) in [6.07, 6.45) is 0.820. The highest BCUT2D eigenvalue weighted by molar-refractivity contribution is 6.08. The van der Waals surface area contributed by atoms with Crippen molar-refractivity contribution in [1.29, 1.82) is 0 Å². The molecule has 1 saturated heterocycles. The van der Waals surface area contributed by atoms with Gasteiger partial charge in [0.2, 0.25) is 11.8 Å². The summed E-state index contributed by atoms with van der Waals surface area (Å²) in [5.74, 6) is -0.129. The lowest BCUT2D eigenvalue weighted by Gasteiger charge is -2.24. The van der Waals surface area contributed by atoms with E-state index in [1.807, 2.05) is 44.2 Å². The quantitative estimate of drug-likeness (QED) is 0.832. The molecule has 1 heterocycles. The van der Waals surface area contributed by atoms with Crippen LogP contribution in [0, 0.1) is 5.92 Å². The number of hydrogen-bond acceptors (Lipinski definition) is 3. The summed E-state index contributed by atoms with van der Waals surface area (Å²) in [7, 11) is 0. The van der Waals surface area contributed by atoms with Gasteiger partial charge in [0.25, 0.3) is 0 Å². The van der Waals surface area contributed by atoms with Gasteiger partial charge in [-0.25, -0.2) is 0 Å². The van der Waals surface area contributed by atoms with Gasteiger partial charge in [-0.05, 0) is 24.8 Å². The third kappa shape index (κ3) is 2.61. The summed E-state index contributed by atoms with van der Waals surface area (Å²) in [5, 5.41) is 8.93. The molecule has 1 fully saturated rings. The summed E-state index contributed by atoms with van der Waals surface area (Å²) in [4.78, 5) is 26.1. The summed E-state index contributed by atoms with van der Waals surface area (Å²) in [5.41, 5.74) is 0.132. The topological polar surface area (TPSA) is 57.6 Å². The molecule has 4 nitrogen and oxygen atoms in total. The maximum Gasteiger partial charge on any atom is 0.240 e. The zero-order valence-corrected chi connectivity index (χ0v) is 12.0. The van der Waals surface area contributed by atoms with E-state index in [1.165, 1.54) is 4.90 Å². The molecule has 4 heteroatoms. The largest absolute Gasteiger partial charge is 0.396 e. The number of benzene rings is 1. The molecule has 108 valence electrons. The second-order valence-corrected chi connectivity index (χ2v) is 5.80. The molecule has 2 atom stereocenters. The van der Waals surface area contributed by atoms with Crippen LogP contribution in [-0.4, -0.2) is 35.0 Å². The van der Waals surface area contributed by atoms with Crippen molar-refractivity contribution in [1.82, 2.24) is 4.90 Å². The Morgan fingerprint density at radius 3 is 2.55 bits per heavy atom. The average molecular weight is 275 g/mol. The fourth-order valence-electron chi connectivity index (χ4n) is 2.72. The van der Waals surface area contributed by atoms with Gasteiger partial charge in [0.05, 0.1) is 5.41 Å². The van der Waals surface area contributed by atoms with E-state index in [1.54, 1.807) is 0 Å². The number of rotatable bonds is 5. The maximum atomic E-state index is 12.6. The molecule has 0 aliphatic carbocycles. The molecule has 0 saturated carbocycles. The van der Waals surface area contributed by atoms with Crippen LogP contribution in [0.2, 0.25) is 0 Å². The monoisotopic (exact) mass is 275 g/mol. The fourth-order valence-corrected chi connectivity index (χ4v) is 2.72. The van der Waals surface area contributed by atoms with E-state index in [-0.39, 0.29) is 30.8 Å². The highest BCUT2D eigenvalue weighted by Gasteiger charge is 2.49. The van der Waals surface area contributed by atoms with Gasteiger partial charge in [0.1, 0.15) is 0 Å². The predicted octanol–water partition coefficient (Wildman–Crippen LogP) is 1.72. The minimum atomic E-state index is -0.753. The van der Waals surface area contributed by atoms with Gasteiger partial charge >= 0.3 is 0 Å². The van der Waals surface area contributed by atoms with E-state index in [9.17, 15) is 9.59 Å². The first-order valence-corrected chi connectivity index (χ1v) is 7.00. The first-order valence-electron chi connectivity index (χ1n) is 7.00. The molecule has 0 bridgehead atoms. The molecule has 1 aliphatic rings. The normalized spacial score (nSPS) is 24.2. The predicted molar refractivity (Wildman–Crippen MR) is 76.0 cm³/mol. The van der Waals surface area contributed by atoms with Gasteiger partial charge in [-0.3, -0.25) is 14.5 Å². The van der Waals surface area contributed by atoms with E-state index in [2.05, 4.69) is 0 Å². The van der Waals surface area contributed by atoms with Crippen molar-refractivity contribution in [2.75, 3.05) is 13.2 Å². The van der Waals surface area contributed by atoms with Crippen LogP contribution in [0.3, 0.4) is 0 Å². The van der Waals surface area contributed by atoms with Gasteiger partial charge in [0, 0.05) is 19.6 Å². The number of amides is 2. The van der Waals surface area contributed by atoms with Crippen molar-refractivity contribution >= 4 is 11.8 Å². The molecule has 2 unspecified atom stereocenters. The number of aliphatic hydroxyl groups excluding tert-OH is 1. The van der Waals surface area contributed by atoms with Crippen LogP contribution < -0.4 is 0 Å². The Hall–Kier alpha value is -1.68. The first kappa shape index (κ1) is 14.7. The lowest BCUT2D eigenvalue weighted by Crippen LogP contribution is -2.39. The van der Waals surface area contributed by atoms with Gasteiger partial charge in [-0.15, -0.1) is 0 Å². The first-order chi connectivity index (χ1) is 9.49. The van der Waals surface area contributed by atoms with Gasteiger partial charge in [-0.1, -0.05) is 37.3 Å². The van der Waals surface area contributed by atoms with Crippen molar-refractivity contribution in [2.24, 2.45) is 5.92 Å². The second kappa shape index (κ2) is 5.75. The lowest BCUT2D eigenvalue weighted by atomic mass is 9.81. The Morgan fingerprint density at radius 2 is 1.95 bits per heavy atom. The molecule has 2 amide bonds. The maximum absolute atomic E-state index is 12.6. The zero-order chi connectivity index (χ0) is 14.8. The Kier molecular flexibility index (Phi) is 4.23. The molecule has 0 spiro atoms. The molecule has 0 aromatic heterocycles. The van der Waals surface area contributed by atoms with Crippen LogP contribution in [0.25, 0.3) is 0 Å². The van der Waals surface area contributed by atoms with Crippen molar-refractivity contribution in [2.45, 2.75) is 32.1 Å². The number of carbonyl (C=O) groups excluding carboxylic acids is 2. The number of aliphatic hydroxyl groups is 1. The van der Waals surface area contributed by atoms with Gasteiger partial charge < -0.3 is 5.11 Å². The Labute approximate surface area is 119 Å². The SMILES string of the molecule is CC(CCO)CN1C(=O)CC(C)(c2ccccc2)C1=O. The molecular formula is C16H21NO3. The van der Waals surface area contributed by atoms with E-state index in [4.69, 9.17) is 5.11 Å². The summed E-state index contributed by atoms with van der Waals surface area (Å²) in [6, 6.07) is 9.46. The molecule has 2 rings (SSSR count). The van der Waals surface area contributed by atoms with Crippen LogP contribution in [0.5, 0.6) is 0 Å². The molecule has 1 aromatic carbocycles. The standard InChI is InChI=1S/C16H21NO3/c1-12(8-9-18)11-17-14(19)10-16(2,15(17)20)13-6-4-3-5-7-13/h3-7,12,18H,8-11H2,1-2H3. The van der Waals surface area contributed by atoms with Gasteiger partial charge in [-0.2, -0.15) is 0 Å². The summed E-state index contributed by atoms with van der Waals surface area (Å²) in [6.45, 7) is 4.24. The molecule has 1 N–H and O–H groups in total. The van der Waals surface area contributed by atoms with Crippen molar-refractivity contribution in [3.8, 4) is 0 Å². The minimum Gasteiger partial charge on any atom is -0.396 e. The molecule has 1 aromatic rings. The molecular weight excluding hydrogens is 254 g/mol. The Bertz CT molecular complexity index is 500. The number of likely N-dealkylation sites (tertiary alicyclic amines) is 1. The zero-order valence-electron chi connectivity index (χ0n) is 12.0. The van der Waals surface area contributed by atoms with Crippen LogP contribution in [0.1, 0.15) is 32.3 Å². The number of hydrogen-bond donors (Lipinski definition) is 1. The Morgan fingerprint density at radius 1 is 1.30 bits per heavy atom. The average Bonchev–Trinajstić information content (AvgIpc) is 2.65. The number of nitrogens with zero attached hydrogens (tertiary/aromatic N) is 1. The smallest absolute Gasteiger partial charge is 0.240 e. The van der Waals surface area contributed by atoms with E-state index < -0.39 is 5.41 Å². The van der Waals surface area contributed by atoms with E-state index in [0.29, 0.717) is 13.0 Å². The van der Waals surface area contributed by atoms with Crippen LogP contribution in [0.15, 0.2) is 30.3 Å². The Balaban J connectivity index is 2.20. The van der Waals surface area contributed by atoms with Crippen molar-refractivity contribution in [3.05, 3.63) is 35.9 Å². The van der Waals surface area contributed by atoms with Crippen molar-refractivity contribution in [3.63, 3.8) is 0 Å². The van der Waals surface area contributed by atoms with Crippen LogP contribution >= 0.6 is 0 Å². The molecule has 20 heavy (non-hydrogen) atoms. The highest BCUT2D eigenvalue weighted by atomic mass is 16.3.